The van der Waals surface area contributed by atoms with Crippen molar-refractivity contribution in [3.8, 4) is 0 Å². The minimum absolute atomic E-state index is 0.301. The standard InChI is InChI=1S/C18H14F8O/c19-15(20,11-13-7-3-1-4-8-13)17(23,24)27-18(25,26)16(21,22)12-14-9-5-2-6-10-14/h1-10H,11-12H2. The molecule has 0 aliphatic heterocycles. The van der Waals surface area contributed by atoms with Gasteiger partial charge in [0, 0.05) is 12.8 Å². The van der Waals surface area contributed by atoms with Gasteiger partial charge in [0.1, 0.15) is 0 Å². The van der Waals surface area contributed by atoms with Crippen LogP contribution in [0.3, 0.4) is 0 Å². The van der Waals surface area contributed by atoms with Gasteiger partial charge in [-0.25, -0.2) is 4.74 Å². The highest BCUT2D eigenvalue weighted by Gasteiger charge is 2.68. The lowest BCUT2D eigenvalue weighted by Crippen LogP contribution is -2.54. The van der Waals surface area contributed by atoms with Crippen molar-refractivity contribution in [3.05, 3.63) is 71.8 Å². The van der Waals surface area contributed by atoms with E-state index in [2.05, 4.69) is 4.74 Å². The third kappa shape index (κ3) is 4.97. The first-order chi connectivity index (χ1) is 12.4. The molecule has 27 heavy (non-hydrogen) atoms. The highest BCUT2D eigenvalue weighted by atomic mass is 19.3. The van der Waals surface area contributed by atoms with Gasteiger partial charge in [-0.1, -0.05) is 60.7 Å². The zero-order valence-electron chi connectivity index (χ0n) is 13.6. The highest BCUT2D eigenvalue weighted by molar-refractivity contribution is 5.18. The second-order valence-corrected chi connectivity index (χ2v) is 5.87. The van der Waals surface area contributed by atoms with Gasteiger partial charge in [0.05, 0.1) is 0 Å². The van der Waals surface area contributed by atoms with Gasteiger partial charge in [0.25, 0.3) is 0 Å². The smallest absolute Gasteiger partial charge is 0.246 e. The van der Waals surface area contributed by atoms with E-state index in [9.17, 15) is 35.1 Å². The minimum atomic E-state index is -5.83. The second-order valence-electron chi connectivity index (χ2n) is 5.87. The van der Waals surface area contributed by atoms with Crippen molar-refractivity contribution >= 4 is 0 Å². The Bertz CT molecular complexity index is 668. The molecular formula is C18H14F8O. The zero-order valence-corrected chi connectivity index (χ0v) is 13.6. The molecule has 2 aromatic rings. The highest BCUT2D eigenvalue weighted by Crippen LogP contribution is 2.46. The normalized spacial score (nSPS) is 13.6. The molecule has 148 valence electrons. The number of hydrogen-bond acceptors (Lipinski definition) is 1. The number of halogens is 8. The van der Waals surface area contributed by atoms with Crippen LogP contribution in [0.5, 0.6) is 0 Å². The average molecular weight is 398 g/mol. The van der Waals surface area contributed by atoms with E-state index in [0.29, 0.717) is 0 Å². The molecule has 0 N–H and O–H groups in total. The summed E-state index contributed by atoms with van der Waals surface area (Å²) in [5.41, 5.74) is -0.602. The van der Waals surface area contributed by atoms with E-state index >= 15 is 0 Å². The van der Waals surface area contributed by atoms with Crippen LogP contribution in [0, 0.1) is 0 Å². The van der Waals surface area contributed by atoms with Gasteiger partial charge >= 0.3 is 24.1 Å². The van der Waals surface area contributed by atoms with Crippen molar-refractivity contribution < 1.29 is 39.9 Å². The Balaban J connectivity index is 2.17. The number of benzene rings is 2. The fraction of sp³-hybridized carbons (Fsp3) is 0.333. The fourth-order valence-electron chi connectivity index (χ4n) is 2.22. The first-order valence-electron chi connectivity index (χ1n) is 7.66. The van der Waals surface area contributed by atoms with Gasteiger partial charge in [0.15, 0.2) is 0 Å². The lowest BCUT2D eigenvalue weighted by Gasteiger charge is -2.33. The maximum Gasteiger partial charge on any atom is 0.424 e. The summed E-state index contributed by atoms with van der Waals surface area (Å²) in [4.78, 5) is 0. The van der Waals surface area contributed by atoms with Crippen molar-refractivity contribution in [1.29, 1.82) is 0 Å². The van der Waals surface area contributed by atoms with E-state index in [1.54, 1.807) is 0 Å². The molecule has 0 amide bonds. The quantitative estimate of drug-likeness (QED) is 0.500. The van der Waals surface area contributed by atoms with Crippen molar-refractivity contribution in [3.63, 3.8) is 0 Å². The first kappa shape index (κ1) is 21.1. The van der Waals surface area contributed by atoms with E-state index in [-0.39, 0.29) is 11.1 Å². The lowest BCUT2D eigenvalue weighted by atomic mass is 10.1. The van der Waals surface area contributed by atoms with Gasteiger partial charge < -0.3 is 0 Å². The largest absolute Gasteiger partial charge is 0.424 e. The van der Waals surface area contributed by atoms with Crippen LogP contribution in [-0.2, 0) is 17.6 Å². The molecule has 0 radical (unpaired) electrons. The van der Waals surface area contributed by atoms with Crippen LogP contribution in [-0.4, -0.2) is 24.1 Å². The summed E-state index contributed by atoms with van der Waals surface area (Å²) in [6.45, 7) is 0. The minimum Gasteiger partial charge on any atom is -0.246 e. The van der Waals surface area contributed by atoms with Gasteiger partial charge in [0.2, 0.25) is 0 Å². The first-order valence-corrected chi connectivity index (χ1v) is 7.66. The summed E-state index contributed by atoms with van der Waals surface area (Å²) >= 11 is 0. The van der Waals surface area contributed by atoms with E-state index in [1.165, 1.54) is 36.4 Å². The van der Waals surface area contributed by atoms with Crippen molar-refractivity contribution in [2.75, 3.05) is 0 Å². The maximum atomic E-state index is 13.8. The summed E-state index contributed by atoms with van der Waals surface area (Å²) < 4.78 is 113. The molecule has 0 aromatic heterocycles. The van der Waals surface area contributed by atoms with Crippen LogP contribution in [0.4, 0.5) is 35.1 Å². The van der Waals surface area contributed by atoms with E-state index in [1.807, 2.05) is 0 Å². The predicted molar refractivity (Wildman–Crippen MR) is 81.2 cm³/mol. The molecule has 0 heterocycles. The molecular weight excluding hydrogens is 384 g/mol. The number of rotatable bonds is 8. The molecule has 0 fully saturated rings. The van der Waals surface area contributed by atoms with Crippen LogP contribution >= 0.6 is 0 Å². The number of alkyl halides is 8. The fourth-order valence-corrected chi connectivity index (χ4v) is 2.22. The Morgan fingerprint density at radius 2 is 0.815 bits per heavy atom. The number of hydrogen-bond donors (Lipinski definition) is 0. The van der Waals surface area contributed by atoms with Crippen LogP contribution in [0.2, 0.25) is 0 Å². The molecule has 0 aliphatic rings. The van der Waals surface area contributed by atoms with Gasteiger partial charge in [-0.15, -0.1) is 0 Å². The van der Waals surface area contributed by atoms with E-state index < -0.39 is 36.9 Å². The van der Waals surface area contributed by atoms with Crippen molar-refractivity contribution in [1.82, 2.24) is 0 Å². The Labute approximate surface area is 149 Å². The number of ether oxygens (including phenoxy) is 1. The molecule has 2 rings (SSSR count). The van der Waals surface area contributed by atoms with Gasteiger partial charge in [-0.2, -0.15) is 35.1 Å². The van der Waals surface area contributed by atoms with Crippen LogP contribution in [0.25, 0.3) is 0 Å². The molecule has 1 nitrogen and oxygen atoms in total. The SMILES string of the molecule is FC(F)(Cc1ccccc1)C(F)(F)OC(F)(F)C(F)(F)Cc1ccccc1. The van der Waals surface area contributed by atoms with E-state index in [4.69, 9.17) is 0 Å². The summed E-state index contributed by atoms with van der Waals surface area (Å²) in [6.07, 6.45) is -15.0. The van der Waals surface area contributed by atoms with Crippen LogP contribution in [0.1, 0.15) is 11.1 Å². The molecule has 0 saturated carbocycles. The zero-order chi connectivity index (χ0) is 20.3. The Hall–Kier alpha value is -2.16. The average Bonchev–Trinajstić information content (AvgIpc) is 2.54. The summed E-state index contributed by atoms with van der Waals surface area (Å²) in [6, 6.07) is 12.2. The van der Waals surface area contributed by atoms with Crippen LogP contribution in [0.15, 0.2) is 60.7 Å². The third-order valence-electron chi connectivity index (χ3n) is 3.65. The second kappa shape index (κ2) is 7.46. The monoisotopic (exact) mass is 398 g/mol. The van der Waals surface area contributed by atoms with E-state index in [0.717, 1.165) is 24.3 Å². The summed E-state index contributed by atoms with van der Waals surface area (Å²) in [5, 5.41) is 0. The molecule has 0 spiro atoms. The Kier molecular flexibility index (Phi) is 5.84. The molecule has 0 saturated heterocycles. The summed E-state index contributed by atoms with van der Waals surface area (Å²) in [5.74, 6) is -10.3. The topological polar surface area (TPSA) is 9.23 Å². The molecule has 9 heteroatoms. The molecule has 0 unspecified atom stereocenters. The van der Waals surface area contributed by atoms with Crippen LogP contribution < -0.4 is 0 Å². The Morgan fingerprint density at radius 3 is 1.11 bits per heavy atom. The maximum absolute atomic E-state index is 13.8. The third-order valence-corrected chi connectivity index (χ3v) is 3.65. The molecule has 0 bridgehead atoms. The lowest BCUT2D eigenvalue weighted by molar-refractivity contribution is -0.467. The van der Waals surface area contributed by atoms with Gasteiger partial charge in [-0.05, 0) is 11.1 Å². The Morgan fingerprint density at radius 1 is 0.519 bits per heavy atom. The predicted octanol–water partition coefficient (Wildman–Crippen LogP) is 5.94. The van der Waals surface area contributed by atoms with Crippen molar-refractivity contribution in [2.45, 2.75) is 36.9 Å². The molecule has 2 aromatic carbocycles. The summed E-state index contributed by atoms with van der Waals surface area (Å²) in [7, 11) is 0. The molecule has 0 atom stereocenters. The molecule has 0 aliphatic carbocycles. The van der Waals surface area contributed by atoms with Crippen molar-refractivity contribution in [2.24, 2.45) is 0 Å². The van der Waals surface area contributed by atoms with Gasteiger partial charge in [-0.3, -0.25) is 0 Å².